The second kappa shape index (κ2) is 6.24. The molecule has 6 nitrogen and oxygen atoms in total. The normalized spacial score (nSPS) is 9.59. The van der Waals surface area contributed by atoms with Crippen molar-refractivity contribution in [2.24, 2.45) is 5.73 Å². The first-order chi connectivity index (χ1) is 7.47. The van der Waals surface area contributed by atoms with E-state index in [-0.39, 0.29) is 24.3 Å². The summed E-state index contributed by atoms with van der Waals surface area (Å²) in [5.74, 6) is -0.376. The molecule has 1 rings (SSSR count). The number of halogens is 1. The predicted molar refractivity (Wildman–Crippen MR) is 66.6 cm³/mol. The Bertz CT molecular complexity index is 428. The first-order valence-electron chi connectivity index (χ1n) is 4.93. The predicted octanol–water partition coefficient (Wildman–Crippen LogP) is 0.769. The molecule has 0 aromatic carbocycles. The number of esters is 1. The van der Waals surface area contributed by atoms with Crippen molar-refractivity contribution >= 4 is 24.3 Å². The average molecular weight is 261 g/mol. The van der Waals surface area contributed by atoms with Gasteiger partial charge in [-0.1, -0.05) is 0 Å². The number of aryl methyl sites for hydroxylation is 1. The third kappa shape index (κ3) is 3.45. The van der Waals surface area contributed by atoms with Crippen LogP contribution in [0.5, 0.6) is 0 Å². The largest absolute Gasteiger partial charge is 0.469 e. The number of hydrogen-bond donors (Lipinski definition) is 2. The number of nitrogens with zero attached hydrogens (tertiary/aromatic N) is 2. The van der Waals surface area contributed by atoms with E-state index in [9.17, 15) is 4.79 Å². The third-order valence-electron chi connectivity index (χ3n) is 2.48. The van der Waals surface area contributed by atoms with Crippen molar-refractivity contribution in [1.82, 2.24) is 9.78 Å². The number of nitrogen functional groups attached to an aromatic ring is 1. The summed E-state index contributed by atoms with van der Waals surface area (Å²) in [5.41, 5.74) is 7.90. The molecule has 1 aromatic heterocycles. The van der Waals surface area contributed by atoms with Gasteiger partial charge < -0.3 is 10.5 Å². The maximum atomic E-state index is 11.0. The van der Waals surface area contributed by atoms with Crippen molar-refractivity contribution in [3.63, 3.8) is 0 Å². The Morgan fingerprint density at radius 2 is 2.12 bits per heavy atom. The molecular weight excluding hydrogens is 244 g/mol. The fraction of sp³-hybridized carbons (Fsp3) is 0.500. The Kier molecular flexibility index (Phi) is 5.67. The number of carbonyl (C=O) groups excluding carboxylic acids is 1. The van der Waals surface area contributed by atoms with Crippen molar-refractivity contribution in [2.45, 2.75) is 26.7 Å². The van der Waals surface area contributed by atoms with Gasteiger partial charge in [0, 0.05) is 12.1 Å². The van der Waals surface area contributed by atoms with Gasteiger partial charge in [-0.3, -0.25) is 10.2 Å². The molecule has 96 valence electrons. The van der Waals surface area contributed by atoms with Crippen LogP contribution in [0.25, 0.3) is 0 Å². The molecule has 0 spiro atoms. The molecule has 0 bridgehead atoms. The topological polar surface area (TPSA) is 94.0 Å². The van der Waals surface area contributed by atoms with Crippen LogP contribution in [-0.4, -0.2) is 28.8 Å². The van der Waals surface area contributed by atoms with E-state index in [1.165, 1.54) is 11.8 Å². The Morgan fingerprint density at radius 1 is 1.53 bits per heavy atom. The molecule has 0 saturated heterocycles. The van der Waals surface area contributed by atoms with Gasteiger partial charge in [0.25, 0.3) is 0 Å². The minimum atomic E-state index is -0.255. The molecule has 17 heavy (non-hydrogen) atoms. The van der Waals surface area contributed by atoms with E-state index in [4.69, 9.17) is 11.1 Å². The first-order valence-corrected chi connectivity index (χ1v) is 4.93. The van der Waals surface area contributed by atoms with Crippen LogP contribution in [0.4, 0.5) is 0 Å². The van der Waals surface area contributed by atoms with Crippen molar-refractivity contribution < 1.29 is 9.53 Å². The minimum absolute atomic E-state index is 0. The highest BCUT2D eigenvalue weighted by Gasteiger charge is 2.14. The number of rotatable bonds is 3. The number of carbonyl (C=O) groups is 1. The molecule has 1 heterocycles. The summed E-state index contributed by atoms with van der Waals surface area (Å²) in [6.45, 7) is 3.66. The SMILES string of the molecule is COC(=O)CCc1c(C)nn(C(=N)N)c1C.Cl. The fourth-order valence-electron chi connectivity index (χ4n) is 1.60. The highest BCUT2D eigenvalue weighted by atomic mass is 35.5. The molecule has 0 fully saturated rings. The molecule has 0 aliphatic carbocycles. The number of methoxy groups -OCH3 is 1. The average Bonchev–Trinajstić information content (AvgIpc) is 2.51. The van der Waals surface area contributed by atoms with Gasteiger partial charge >= 0.3 is 5.97 Å². The molecule has 0 amide bonds. The van der Waals surface area contributed by atoms with Crippen LogP contribution in [0, 0.1) is 19.3 Å². The van der Waals surface area contributed by atoms with Crippen LogP contribution in [0.3, 0.4) is 0 Å². The summed E-state index contributed by atoms with van der Waals surface area (Å²) in [6, 6.07) is 0. The molecule has 0 radical (unpaired) electrons. The molecular formula is C10H17ClN4O2. The second-order valence-corrected chi connectivity index (χ2v) is 3.52. The minimum Gasteiger partial charge on any atom is -0.469 e. The molecule has 7 heteroatoms. The highest BCUT2D eigenvalue weighted by molar-refractivity contribution is 5.85. The van der Waals surface area contributed by atoms with E-state index >= 15 is 0 Å². The van der Waals surface area contributed by atoms with Crippen LogP contribution >= 0.6 is 12.4 Å². The lowest BCUT2D eigenvalue weighted by atomic mass is 10.1. The molecule has 1 aromatic rings. The number of aromatic nitrogens is 2. The summed E-state index contributed by atoms with van der Waals surface area (Å²) in [6.07, 6.45) is 0.861. The van der Waals surface area contributed by atoms with Crippen molar-refractivity contribution in [2.75, 3.05) is 7.11 Å². The molecule has 0 aliphatic rings. The zero-order valence-corrected chi connectivity index (χ0v) is 10.9. The Balaban J connectivity index is 0.00000256. The lowest BCUT2D eigenvalue weighted by molar-refractivity contribution is -0.140. The summed E-state index contributed by atoms with van der Waals surface area (Å²) >= 11 is 0. The zero-order chi connectivity index (χ0) is 12.3. The van der Waals surface area contributed by atoms with Gasteiger partial charge in [-0.2, -0.15) is 5.10 Å². The monoisotopic (exact) mass is 260 g/mol. The van der Waals surface area contributed by atoms with Gasteiger partial charge in [0.1, 0.15) is 0 Å². The van der Waals surface area contributed by atoms with E-state index < -0.39 is 0 Å². The van der Waals surface area contributed by atoms with Crippen LogP contribution in [-0.2, 0) is 16.0 Å². The quantitative estimate of drug-likeness (QED) is 0.477. The van der Waals surface area contributed by atoms with E-state index in [0.717, 1.165) is 17.0 Å². The third-order valence-corrected chi connectivity index (χ3v) is 2.48. The van der Waals surface area contributed by atoms with Crippen LogP contribution in [0.2, 0.25) is 0 Å². The summed E-state index contributed by atoms with van der Waals surface area (Å²) in [7, 11) is 1.36. The van der Waals surface area contributed by atoms with E-state index in [0.29, 0.717) is 12.8 Å². The lowest BCUT2D eigenvalue weighted by Crippen LogP contribution is -2.23. The lowest BCUT2D eigenvalue weighted by Gasteiger charge is -2.02. The summed E-state index contributed by atoms with van der Waals surface area (Å²) in [4.78, 5) is 11.0. The second-order valence-electron chi connectivity index (χ2n) is 3.52. The van der Waals surface area contributed by atoms with Gasteiger partial charge in [0.15, 0.2) is 0 Å². The van der Waals surface area contributed by atoms with Gasteiger partial charge in [0.05, 0.1) is 12.8 Å². The maximum Gasteiger partial charge on any atom is 0.305 e. The smallest absolute Gasteiger partial charge is 0.305 e. The standard InChI is InChI=1S/C10H16N4O2.ClH/c1-6-8(4-5-9(15)16-3)7(2)14(13-6)10(11)12;/h4-5H2,1-3H3,(H3,11,12);1H. The van der Waals surface area contributed by atoms with E-state index in [1.807, 2.05) is 13.8 Å². The van der Waals surface area contributed by atoms with Crippen molar-refractivity contribution in [1.29, 1.82) is 5.41 Å². The maximum absolute atomic E-state index is 11.0. The number of ether oxygens (including phenoxy) is 1. The number of nitrogens with two attached hydrogens (primary N) is 1. The van der Waals surface area contributed by atoms with Crippen molar-refractivity contribution in [3.05, 3.63) is 17.0 Å². The van der Waals surface area contributed by atoms with Gasteiger partial charge in [0.2, 0.25) is 5.96 Å². The summed E-state index contributed by atoms with van der Waals surface area (Å²) < 4.78 is 5.94. The van der Waals surface area contributed by atoms with E-state index in [2.05, 4.69) is 9.84 Å². The Labute approximate surface area is 106 Å². The van der Waals surface area contributed by atoms with Crippen molar-refractivity contribution in [3.8, 4) is 0 Å². The highest BCUT2D eigenvalue weighted by Crippen LogP contribution is 2.14. The Hall–Kier alpha value is -1.56. The first kappa shape index (κ1) is 15.4. The van der Waals surface area contributed by atoms with Gasteiger partial charge in [-0.05, 0) is 25.8 Å². The van der Waals surface area contributed by atoms with Crippen LogP contribution < -0.4 is 5.73 Å². The molecule has 3 N–H and O–H groups in total. The van der Waals surface area contributed by atoms with Gasteiger partial charge in [-0.15, -0.1) is 12.4 Å². The number of hydrogen-bond acceptors (Lipinski definition) is 4. The van der Waals surface area contributed by atoms with Crippen LogP contribution in [0.15, 0.2) is 0 Å². The van der Waals surface area contributed by atoms with Crippen LogP contribution in [0.1, 0.15) is 23.4 Å². The zero-order valence-electron chi connectivity index (χ0n) is 10.1. The molecule has 0 unspecified atom stereocenters. The molecule has 0 saturated carbocycles. The van der Waals surface area contributed by atoms with Gasteiger partial charge in [-0.25, -0.2) is 4.68 Å². The summed E-state index contributed by atoms with van der Waals surface area (Å²) in [5, 5.41) is 11.5. The fourth-order valence-corrected chi connectivity index (χ4v) is 1.60. The Morgan fingerprint density at radius 3 is 2.53 bits per heavy atom. The number of nitrogens with one attached hydrogen (secondary N) is 1. The van der Waals surface area contributed by atoms with E-state index in [1.54, 1.807) is 0 Å². The molecule has 0 atom stereocenters. The molecule has 0 aliphatic heterocycles.